The van der Waals surface area contributed by atoms with Crippen LogP contribution in [0.15, 0.2) is 42.6 Å². The molecule has 0 saturated carbocycles. The Morgan fingerprint density at radius 1 is 1.19 bits per heavy atom. The first-order valence-electron chi connectivity index (χ1n) is 7.40. The molecule has 7 nitrogen and oxygen atoms in total. The van der Waals surface area contributed by atoms with E-state index >= 15 is 0 Å². The highest BCUT2D eigenvalue weighted by molar-refractivity contribution is 6.40. The highest BCUT2D eigenvalue weighted by Crippen LogP contribution is 2.38. The maximum absolute atomic E-state index is 12.2. The van der Waals surface area contributed by atoms with Crippen molar-refractivity contribution < 1.29 is 14.5 Å². The molecule has 138 valence electrons. The summed E-state index contributed by atoms with van der Waals surface area (Å²) in [5.74, 6) is -0.712. The molecular weight excluding hydrogens is 417 g/mol. The Hall–Kier alpha value is -2.61. The van der Waals surface area contributed by atoms with Gasteiger partial charge in [-0.2, -0.15) is 5.10 Å². The normalized spacial score (nSPS) is 10.7. The highest BCUT2D eigenvalue weighted by Gasteiger charge is 2.27. The minimum Gasteiger partial charge on any atom is -0.465 e. The zero-order valence-corrected chi connectivity index (χ0v) is 15.9. The fraction of sp³-hybridized carbons (Fsp3) is 0.0588. The third-order valence-electron chi connectivity index (χ3n) is 3.72. The van der Waals surface area contributed by atoms with Crippen molar-refractivity contribution in [3.63, 3.8) is 0 Å². The molecule has 0 aliphatic heterocycles. The van der Waals surface area contributed by atoms with E-state index in [4.69, 9.17) is 39.5 Å². The molecule has 1 aromatic heterocycles. The molecule has 0 fully saturated rings. The summed E-state index contributed by atoms with van der Waals surface area (Å²) in [5, 5.41) is 16.3. The first-order chi connectivity index (χ1) is 12.8. The predicted molar refractivity (Wildman–Crippen MR) is 102 cm³/mol. The molecule has 0 aliphatic carbocycles. The van der Waals surface area contributed by atoms with Crippen LogP contribution in [0.25, 0.3) is 16.9 Å². The van der Waals surface area contributed by atoms with E-state index in [0.29, 0.717) is 5.02 Å². The van der Waals surface area contributed by atoms with E-state index in [1.165, 1.54) is 48.3 Å². The number of carbonyl (C=O) groups excluding carboxylic acids is 1. The molecular formula is C17H10Cl3N3O4. The smallest absolute Gasteiger partial charge is 0.341 e. The second kappa shape index (κ2) is 7.56. The van der Waals surface area contributed by atoms with Gasteiger partial charge in [0.25, 0.3) is 5.69 Å². The Balaban J connectivity index is 2.39. The van der Waals surface area contributed by atoms with Crippen molar-refractivity contribution in [1.82, 2.24) is 9.78 Å². The fourth-order valence-electron chi connectivity index (χ4n) is 2.61. The highest BCUT2D eigenvalue weighted by atomic mass is 35.5. The zero-order chi connectivity index (χ0) is 19.7. The maximum atomic E-state index is 12.2. The Morgan fingerprint density at radius 3 is 2.41 bits per heavy atom. The standard InChI is InChI=1S/C17H10Cl3N3O4/c1-27-17(24)11-8-21-22(16-12(19)6-9(18)7-13(16)20)15(11)10-4-2-3-5-14(10)23(25)26/h2-8H,1H3. The number of methoxy groups -OCH3 is 1. The number of nitro groups is 1. The summed E-state index contributed by atoms with van der Waals surface area (Å²) in [4.78, 5) is 23.2. The number of esters is 1. The summed E-state index contributed by atoms with van der Waals surface area (Å²) in [6, 6.07) is 8.84. The number of hydrogen-bond donors (Lipinski definition) is 0. The quantitative estimate of drug-likeness (QED) is 0.325. The molecule has 0 saturated heterocycles. The Bertz CT molecular complexity index is 1040. The Morgan fingerprint density at radius 2 is 1.81 bits per heavy atom. The van der Waals surface area contributed by atoms with Gasteiger partial charge in [0.2, 0.25) is 0 Å². The van der Waals surface area contributed by atoms with Gasteiger partial charge < -0.3 is 4.74 Å². The van der Waals surface area contributed by atoms with Crippen LogP contribution in [-0.4, -0.2) is 27.8 Å². The van der Waals surface area contributed by atoms with Crippen LogP contribution in [0.2, 0.25) is 15.1 Å². The number of benzene rings is 2. The number of nitro benzene ring substituents is 1. The van der Waals surface area contributed by atoms with Gasteiger partial charge in [0.15, 0.2) is 0 Å². The Labute approximate surface area is 168 Å². The summed E-state index contributed by atoms with van der Waals surface area (Å²) >= 11 is 18.5. The minimum absolute atomic E-state index is 0.0221. The number of hydrogen-bond acceptors (Lipinski definition) is 5. The van der Waals surface area contributed by atoms with E-state index in [2.05, 4.69) is 5.10 Å². The zero-order valence-electron chi connectivity index (χ0n) is 13.6. The van der Waals surface area contributed by atoms with Crippen molar-refractivity contribution >= 4 is 46.5 Å². The van der Waals surface area contributed by atoms with Crippen molar-refractivity contribution in [1.29, 1.82) is 0 Å². The van der Waals surface area contributed by atoms with Gasteiger partial charge >= 0.3 is 5.97 Å². The SMILES string of the molecule is COC(=O)c1cnn(-c2c(Cl)cc(Cl)cc2Cl)c1-c1ccccc1[N+](=O)[O-]. The van der Waals surface area contributed by atoms with E-state index in [9.17, 15) is 14.9 Å². The van der Waals surface area contributed by atoms with E-state index < -0.39 is 10.9 Å². The summed E-state index contributed by atoms with van der Waals surface area (Å²) in [6.45, 7) is 0. The van der Waals surface area contributed by atoms with Crippen LogP contribution < -0.4 is 0 Å². The van der Waals surface area contributed by atoms with Gasteiger partial charge in [-0.1, -0.05) is 46.9 Å². The number of nitrogens with zero attached hydrogens (tertiary/aromatic N) is 3. The number of halogens is 3. The van der Waals surface area contributed by atoms with Gasteiger partial charge in [-0.15, -0.1) is 0 Å². The van der Waals surface area contributed by atoms with Gasteiger partial charge in [0.05, 0.1) is 39.5 Å². The van der Waals surface area contributed by atoms with Gasteiger partial charge in [-0.3, -0.25) is 10.1 Å². The third-order valence-corrected chi connectivity index (χ3v) is 4.52. The van der Waals surface area contributed by atoms with Crippen LogP contribution in [0.3, 0.4) is 0 Å². The number of aromatic nitrogens is 2. The predicted octanol–water partition coefficient (Wildman–Crippen LogP) is 5.19. The van der Waals surface area contributed by atoms with Crippen LogP contribution in [-0.2, 0) is 4.74 Å². The second-order valence-corrected chi connectivity index (χ2v) is 6.55. The molecule has 10 heteroatoms. The molecule has 0 spiro atoms. The largest absolute Gasteiger partial charge is 0.465 e. The summed E-state index contributed by atoms with van der Waals surface area (Å²) in [5.41, 5.74) is 0.313. The monoisotopic (exact) mass is 425 g/mol. The van der Waals surface area contributed by atoms with Gasteiger partial charge in [-0.05, 0) is 18.2 Å². The number of carbonyl (C=O) groups is 1. The molecule has 27 heavy (non-hydrogen) atoms. The van der Waals surface area contributed by atoms with Crippen LogP contribution in [0, 0.1) is 10.1 Å². The lowest BCUT2D eigenvalue weighted by Gasteiger charge is -2.13. The number of para-hydroxylation sites is 1. The molecule has 0 atom stereocenters. The van der Waals surface area contributed by atoms with Gasteiger partial charge in [0, 0.05) is 11.1 Å². The van der Waals surface area contributed by atoms with E-state index in [0.717, 1.165) is 0 Å². The van der Waals surface area contributed by atoms with E-state index in [-0.39, 0.29) is 38.2 Å². The lowest BCUT2D eigenvalue weighted by Crippen LogP contribution is -2.07. The third kappa shape index (κ3) is 3.49. The molecule has 3 aromatic rings. The average molecular weight is 427 g/mol. The summed E-state index contributed by atoms with van der Waals surface area (Å²) < 4.78 is 6.04. The lowest BCUT2D eigenvalue weighted by atomic mass is 10.1. The number of rotatable bonds is 4. The second-order valence-electron chi connectivity index (χ2n) is 5.30. The van der Waals surface area contributed by atoms with E-state index in [1.807, 2.05) is 0 Å². The van der Waals surface area contributed by atoms with E-state index in [1.54, 1.807) is 6.07 Å². The first kappa shape index (κ1) is 19.2. The summed E-state index contributed by atoms with van der Waals surface area (Å²) in [6.07, 6.45) is 1.24. The molecule has 1 heterocycles. The average Bonchev–Trinajstić information content (AvgIpc) is 3.04. The van der Waals surface area contributed by atoms with Gasteiger partial charge in [-0.25, -0.2) is 9.48 Å². The topological polar surface area (TPSA) is 87.3 Å². The molecule has 0 unspecified atom stereocenters. The molecule has 0 N–H and O–H groups in total. The molecule has 3 rings (SSSR count). The van der Waals surface area contributed by atoms with Crippen LogP contribution in [0.4, 0.5) is 5.69 Å². The van der Waals surface area contributed by atoms with Crippen LogP contribution >= 0.6 is 34.8 Å². The molecule has 0 aliphatic rings. The van der Waals surface area contributed by atoms with Crippen LogP contribution in [0.1, 0.15) is 10.4 Å². The fourth-order valence-corrected chi connectivity index (χ4v) is 3.58. The van der Waals surface area contributed by atoms with Crippen molar-refractivity contribution in [2.75, 3.05) is 7.11 Å². The number of ether oxygens (including phenoxy) is 1. The van der Waals surface area contributed by atoms with Crippen molar-refractivity contribution in [3.05, 3.63) is 73.3 Å². The molecule has 2 aromatic carbocycles. The minimum atomic E-state index is -0.712. The van der Waals surface area contributed by atoms with Crippen LogP contribution in [0.5, 0.6) is 0 Å². The molecule has 0 amide bonds. The van der Waals surface area contributed by atoms with Crippen molar-refractivity contribution in [2.24, 2.45) is 0 Å². The van der Waals surface area contributed by atoms with Gasteiger partial charge in [0.1, 0.15) is 11.3 Å². The summed E-state index contributed by atoms with van der Waals surface area (Å²) in [7, 11) is 1.20. The Kier molecular flexibility index (Phi) is 5.36. The molecule has 0 bridgehead atoms. The maximum Gasteiger partial charge on any atom is 0.341 e. The molecule has 0 radical (unpaired) electrons. The van der Waals surface area contributed by atoms with Crippen molar-refractivity contribution in [3.8, 4) is 16.9 Å². The first-order valence-corrected chi connectivity index (χ1v) is 8.53. The lowest BCUT2D eigenvalue weighted by molar-refractivity contribution is -0.384. The van der Waals surface area contributed by atoms with Crippen molar-refractivity contribution in [2.45, 2.75) is 0 Å².